The molecule has 0 aromatic heterocycles. The molecule has 0 saturated carbocycles. The van der Waals surface area contributed by atoms with E-state index in [1.165, 1.54) is 38.2 Å². The highest BCUT2D eigenvalue weighted by molar-refractivity contribution is 7.89. The van der Waals surface area contributed by atoms with Gasteiger partial charge in [-0.1, -0.05) is 31.2 Å². The van der Waals surface area contributed by atoms with Crippen molar-refractivity contribution < 1.29 is 18.0 Å². The molecule has 1 N–H and O–H groups in total. The number of benzene rings is 2. The normalized spacial score (nSPS) is 11.4. The van der Waals surface area contributed by atoms with Crippen molar-refractivity contribution >= 4 is 27.4 Å². The molecule has 1 amide bonds. The fourth-order valence-electron chi connectivity index (χ4n) is 2.35. The maximum Gasteiger partial charge on any atom is 0.243 e. The predicted octanol–water partition coefficient (Wildman–Crippen LogP) is 2.71. The molecule has 0 heterocycles. The van der Waals surface area contributed by atoms with Gasteiger partial charge in [0.1, 0.15) is 0 Å². The minimum absolute atomic E-state index is 0.0325. The summed E-state index contributed by atoms with van der Waals surface area (Å²) >= 11 is 0. The summed E-state index contributed by atoms with van der Waals surface area (Å²) in [6.07, 6.45) is 0.900. The van der Waals surface area contributed by atoms with E-state index in [1.807, 2.05) is 19.1 Å². The first-order valence-corrected chi connectivity index (χ1v) is 9.64. The third-order valence-corrected chi connectivity index (χ3v) is 5.80. The van der Waals surface area contributed by atoms with E-state index in [2.05, 4.69) is 5.32 Å². The van der Waals surface area contributed by atoms with Crippen LogP contribution in [0, 0.1) is 0 Å². The van der Waals surface area contributed by atoms with Gasteiger partial charge in [-0.2, -0.15) is 4.31 Å². The molecule has 2 aromatic rings. The Labute approximate surface area is 153 Å². The van der Waals surface area contributed by atoms with E-state index >= 15 is 0 Å². The molecule has 0 aliphatic heterocycles. The number of carbonyl (C=O) groups excluding carboxylic acids is 2. The first kappa shape index (κ1) is 19.8. The zero-order chi connectivity index (χ0) is 19.3. The SMILES string of the molecule is CCc1ccc(NC(=O)CN(C)S(=O)(=O)c2ccc(C(C)=O)cc2)cc1. The second-order valence-electron chi connectivity index (χ2n) is 5.94. The van der Waals surface area contributed by atoms with Gasteiger partial charge in [0.25, 0.3) is 0 Å². The minimum atomic E-state index is -3.82. The number of nitrogens with one attached hydrogen (secondary N) is 1. The molecule has 7 heteroatoms. The van der Waals surface area contributed by atoms with Crippen LogP contribution in [0.15, 0.2) is 53.4 Å². The zero-order valence-electron chi connectivity index (χ0n) is 15.0. The summed E-state index contributed by atoms with van der Waals surface area (Å²) in [4.78, 5) is 23.5. The van der Waals surface area contributed by atoms with Gasteiger partial charge in [-0.15, -0.1) is 0 Å². The predicted molar refractivity (Wildman–Crippen MR) is 101 cm³/mol. The highest BCUT2D eigenvalue weighted by Crippen LogP contribution is 2.16. The van der Waals surface area contributed by atoms with Crippen LogP contribution in [0.3, 0.4) is 0 Å². The number of sulfonamides is 1. The number of anilines is 1. The maximum atomic E-state index is 12.5. The Kier molecular flexibility index (Phi) is 6.28. The number of likely N-dealkylation sites (N-methyl/N-ethyl adjacent to an activating group) is 1. The minimum Gasteiger partial charge on any atom is -0.325 e. The molecule has 0 aliphatic rings. The van der Waals surface area contributed by atoms with E-state index in [1.54, 1.807) is 12.1 Å². The van der Waals surface area contributed by atoms with Crippen LogP contribution < -0.4 is 5.32 Å². The summed E-state index contributed by atoms with van der Waals surface area (Å²) in [5, 5.41) is 2.68. The Morgan fingerprint density at radius 1 is 1.00 bits per heavy atom. The van der Waals surface area contributed by atoms with Gasteiger partial charge in [0.15, 0.2) is 5.78 Å². The highest BCUT2D eigenvalue weighted by atomic mass is 32.2. The van der Waals surface area contributed by atoms with Gasteiger partial charge >= 0.3 is 0 Å². The van der Waals surface area contributed by atoms with Crippen LogP contribution in [0.1, 0.15) is 29.8 Å². The van der Waals surface area contributed by atoms with E-state index in [-0.39, 0.29) is 17.2 Å². The largest absolute Gasteiger partial charge is 0.325 e. The van der Waals surface area contributed by atoms with Crippen LogP contribution in [0.5, 0.6) is 0 Å². The molecule has 0 fully saturated rings. The molecule has 6 nitrogen and oxygen atoms in total. The molecule has 138 valence electrons. The van der Waals surface area contributed by atoms with Gasteiger partial charge in [0, 0.05) is 18.3 Å². The van der Waals surface area contributed by atoms with E-state index in [9.17, 15) is 18.0 Å². The number of rotatable bonds is 7. The Balaban J connectivity index is 2.05. The van der Waals surface area contributed by atoms with E-state index in [0.717, 1.165) is 16.3 Å². The Morgan fingerprint density at radius 3 is 2.08 bits per heavy atom. The third kappa shape index (κ3) is 4.77. The lowest BCUT2D eigenvalue weighted by molar-refractivity contribution is -0.116. The quantitative estimate of drug-likeness (QED) is 0.755. The first-order chi connectivity index (χ1) is 12.2. The zero-order valence-corrected chi connectivity index (χ0v) is 15.8. The number of aryl methyl sites for hydroxylation is 1. The fourth-order valence-corrected chi connectivity index (χ4v) is 3.48. The van der Waals surface area contributed by atoms with E-state index in [4.69, 9.17) is 0 Å². The second kappa shape index (κ2) is 8.25. The Morgan fingerprint density at radius 2 is 1.58 bits per heavy atom. The summed E-state index contributed by atoms with van der Waals surface area (Å²) < 4.78 is 26.1. The summed E-state index contributed by atoms with van der Waals surface area (Å²) in [7, 11) is -2.48. The van der Waals surface area contributed by atoms with Crippen molar-refractivity contribution in [3.05, 3.63) is 59.7 Å². The smallest absolute Gasteiger partial charge is 0.243 e. The molecule has 0 unspecified atom stereocenters. The molecule has 0 aliphatic carbocycles. The van der Waals surface area contributed by atoms with Gasteiger partial charge in [-0.05, 0) is 43.2 Å². The Bertz CT molecular complexity index is 888. The number of hydrogen-bond donors (Lipinski definition) is 1. The monoisotopic (exact) mass is 374 g/mol. The van der Waals surface area contributed by atoms with Crippen LogP contribution in [0.25, 0.3) is 0 Å². The van der Waals surface area contributed by atoms with Crippen molar-refractivity contribution in [1.29, 1.82) is 0 Å². The lowest BCUT2D eigenvalue weighted by Crippen LogP contribution is -2.35. The molecule has 0 saturated heterocycles. The van der Waals surface area contributed by atoms with Crippen molar-refractivity contribution in [1.82, 2.24) is 4.31 Å². The molecule has 26 heavy (non-hydrogen) atoms. The van der Waals surface area contributed by atoms with E-state index in [0.29, 0.717) is 11.3 Å². The van der Waals surface area contributed by atoms with Gasteiger partial charge in [-0.25, -0.2) is 8.42 Å². The average Bonchev–Trinajstić information content (AvgIpc) is 2.62. The number of Topliss-reactive ketones (excluding diaryl/α,β-unsaturated/α-hetero) is 1. The second-order valence-corrected chi connectivity index (χ2v) is 7.99. The first-order valence-electron chi connectivity index (χ1n) is 8.20. The molecule has 0 bridgehead atoms. The third-order valence-electron chi connectivity index (χ3n) is 3.98. The van der Waals surface area contributed by atoms with Crippen molar-refractivity contribution in [2.45, 2.75) is 25.2 Å². The number of hydrogen-bond acceptors (Lipinski definition) is 4. The number of ketones is 1. The van der Waals surface area contributed by atoms with E-state index < -0.39 is 15.9 Å². The lowest BCUT2D eigenvalue weighted by atomic mass is 10.1. The molecular weight excluding hydrogens is 352 g/mol. The Hall–Kier alpha value is -2.51. The molecule has 0 atom stereocenters. The van der Waals surface area contributed by atoms with Crippen molar-refractivity contribution in [3.8, 4) is 0 Å². The standard InChI is InChI=1S/C19H22N2O4S/c1-4-15-5-9-17(10-6-15)20-19(23)13-21(3)26(24,25)18-11-7-16(8-12-18)14(2)22/h5-12H,4,13H2,1-3H3,(H,20,23). The number of amides is 1. The topological polar surface area (TPSA) is 83.6 Å². The van der Waals surface area contributed by atoms with Crippen LogP contribution in [0.4, 0.5) is 5.69 Å². The van der Waals surface area contributed by atoms with Gasteiger partial charge < -0.3 is 5.32 Å². The van der Waals surface area contributed by atoms with Gasteiger partial charge in [-0.3, -0.25) is 9.59 Å². The molecular formula is C19H22N2O4S. The molecule has 0 radical (unpaired) electrons. The van der Waals surface area contributed by atoms with Gasteiger partial charge in [0.05, 0.1) is 11.4 Å². The van der Waals surface area contributed by atoms with Crippen molar-refractivity contribution in [2.24, 2.45) is 0 Å². The average molecular weight is 374 g/mol. The fraction of sp³-hybridized carbons (Fsp3) is 0.263. The summed E-state index contributed by atoms with van der Waals surface area (Å²) in [5.74, 6) is -0.573. The number of nitrogens with zero attached hydrogens (tertiary/aromatic N) is 1. The van der Waals surface area contributed by atoms with Gasteiger partial charge in [0.2, 0.25) is 15.9 Å². The lowest BCUT2D eigenvalue weighted by Gasteiger charge is -2.17. The van der Waals surface area contributed by atoms with Crippen LogP contribution >= 0.6 is 0 Å². The molecule has 2 aromatic carbocycles. The summed E-state index contributed by atoms with van der Waals surface area (Å²) in [6, 6.07) is 13.0. The number of carbonyl (C=O) groups is 2. The van der Waals surface area contributed by atoms with Crippen molar-refractivity contribution in [2.75, 3.05) is 18.9 Å². The van der Waals surface area contributed by atoms with Crippen LogP contribution in [0.2, 0.25) is 0 Å². The molecule has 0 spiro atoms. The summed E-state index contributed by atoms with van der Waals surface area (Å²) in [5.41, 5.74) is 2.19. The summed E-state index contributed by atoms with van der Waals surface area (Å²) in [6.45, 7) is 3.13. The van der Waals surface area contributed by atoms with Crippen LogP contribution in [-0.4, -0.2) is 38.0 Å². The van der Waals surface area contributed by atoms with Crippen molar-refractivity contribution in [3.63, 3.8) is 0 Å². The highest BCUT2D eigenvalue weighted by Gasteiger charge is 2.23. The van der Waals surface area contributed by atoms with Crippen LogP contribution in [-0.2, 0) is 21.2 Å². The maximum absolute atomic E-state index is 12.5. The molecule has 2 rings (SSSR count).